The Morgan fingerprint density at radius 3 is 1.53 bits per heavy atom. The smallest absolute Gasteiger partial charge is 0.179 e. The summed E-state index contributed by atoms with van der Waals surface area (Å²) < 4.78 is 11.3. The molecule has 0 amide bonds. The van der Waals surface area contributed by atoms with Gasteiger partial charge in [0.1, 0.15) is 11.2 Å². The molecular formula is C60H40N2OSi. The standard InChI is InChI=1S/C60H40N2OSi/c1-4-17-43(18-5-1)61-53-28-13-10-25-49(53)52-39-42(33-36-55(52)61)41-31-34-47(35-32-41)64(45-20-6-2-7-21-45,46-22-8-3-9-23-46)48-24-16-19-44(40-48)62-54-29-14-11-26-50(54)59-56(62)37-38-58-60(59)51-27-12-15-30-57(51)63-58/h1-40H. The van der Waals surface area contributed by atoms with Crippen LogP contribution in [0.2, 0.25) is 0 Å². The van der Waals surface area contributed by atoms with Crippen molar-refractivity contribution in [3.63, 3.8) is 0 Å². The number of nitrogens with zero attached hydrogens (tertiary/aromatic N) is 2. The molecule has 10 aromatic carbocycles. The SMILES string of the molecule is c1ccc(-n2c3ccccc3c3cc(-c4ccc([Si](c5ccccc5)(c5ccccc5)c5cccc(-n6c7ccccc7c7c8c(ccc76)oc6ccccc68)c5)cc4)ccc32)cc1. The minimum Gasteiger partial charge on any atom is -0.456 e. The molecular weight excluding hydrogens is 793 g/mol. The van der Waals surface area contributed by atoms with Crippen LogP contribution in [0.4, 0.5) is 0 Å². The third kappa shape index (κ3) is 5.39. The summed E-state index contributed by atoms with van der Waals surface area (Å²) in [5, 5.41) is 12.6. The molecule has 64 heavy (non-hydrogen) atoms. The first-order valence-electron chi connectivity index (χ1n) is 22.0. The van der Waals surface area contributed by atoms with Crippen molar-refractivity contribution in [1.82, 2.24) is 9.13 Å². The number of benzene rings is 10. The molecule has 300 valence electrons. The number of fused-ring (bicyclic) bond motifs is 10. The minimum atomic E-state index is -2.92. The normalized spacial score (nSPS) is 12.1. The van der Waals surface area contributed by atoms with E-state index in [0.717, 1.165) is 33.1 Å². The van der Waals surface area contributed by atoms with Crippen LogP contribution in [0, 0.1) is 0 Å². The second-order valence-corrected chi connectivity index (χ2v) is 20.6. The van der Waals surface area contributed by atoms with Gasteiger partial charge in [-0.1, -0.05) is 176 Å². The zero-order valence-corrected chi connectivity index (χ0v) is 35.9. The van der Waals surface area contributed by atoms with Gasteiger partial charge in [0.05, 0.1) is 22.1 Å². The summed E-state index contributed by atoms with van der Waals surface area (Å²) in [6, 6.07) is 89.3. The van der Waals surface area contributed by atoms with Crippen molar-refractivity contribution in [2.75, 3.05) is 0 Å². The van der Waals surface area contributed by atoms with E-state index >= 15 is 0 Å². The maximum atomic E-state index is 6.42. The van der Waals surface area contributed by atoms with Crippen LogP contribution in [0.1, 0.15) is 0 Å². The molecule has 4 heteroatoms. The molecule has 13 aromatic rings. The van der Waals surface area contributed by atoms with E-state index in [1.807, 2.05) is 6.07 Å². The Hall–Kier alpha value is -8.18. The molecule has 0 N–H and O–H groups in total. The van der Waals surface area contributed by atoms with Gasteiger partial charge in [-0.2, -0.15) is 0 Å². The van der Waals surface area contributed by atoms with Gasteiger partial charge in [0, 0.05) is 43.7 Å². The minimum absolute atomic E-state index is 0.909. The van der Waals surface area contributed by atoms with Crippen molar-refractivity contribution in [2.24, 2.45) is 0 Å². The largest absolute Gasteiger partial charge is 0.456 e. The number of hydrogen-bond donors (Lipinski definition) is 0. The molecule has 3 heterocycles. The molecule has 3 nitrogen and oxygen atoms in total. The maximum Gasteiger partial charge on any atom is 0.179 e. The van der Waals surface area contributed by atoms with Gasteiger partial charge in [-0.3, -0.25) is 0 Å². The average molecular weight is 833 g/mol. The van der Waals surface area contributed by atoms with Gasteiger partial charge >= 0.3 is 0 Å². The topological polar surface area (TPSA) is 23.0 Å². The van der Waals surface area contributed by atoms with E-state index in [-0.39, 0.29) is 0 Å². The van der Waals surface area contributed by atoms with Crippen molar-refractivity contribution in [1.29, 1.82) is 0 Å². The van der Waals surface area contributed by atoms with Gasteiger partial charge in [0.25, 0.3) is 0 Å². The molecule has 0 aliphatic rings. The molecule has 0 saturated carbocycles. The van der Waals surface area contributed by atoms with Crippen molar-refractivity contribution >= 4 is 94.4 Å². The van der Waals surface area contributed by atoms with Gasteiger partial charge in [0.2, 0.25) is 0 Å². The molecule has 0 aliphatic heterocycles. The third-order valence-corrected chi connectivity index (χ3v) is 18.2. The van der Waals surface area contributed by atoms with E-state index in [2.05, 4.69) is 246 Å². The zero-order chi connectivity index (χ0) is 42.2. The first-order valence-corrected chi connectivity index (χ1v) is 24.0. The Balaban J connectivity index is 1.01. The number of aromatic nitrogens is 2. The highest BCUT2D eigenvalue weighted by molar-refractivity contribution is 7.19. The highest BCUT2D eigenvalue weighted by Crippen LogP contribution is 2.41. The predicted molar refractivity (Wildman–Crippen MR) is 271 cm³/mol. The summed E-state index contributed by atoms with van der Waals surface area (Å²) in [6.07, 6.45) is 0. The van der Waals surface area contributed by atoms with Crippen LogP contribution < -0.4 is 20.7 Å². The third-order valence-electron chi connectivity index (χ3n) is 13.5. The summed E-state index contributed by atoms with van der Waals surface area (Å²) in [6.45, 7) is 0. The predicted octanol–water partition coefficient (Wildman–Crippen LogP) is 12.8. The summed E-state index contributed by atoms with van der Waals surface area (Å²) in [4.78, 5) is 0. The van der Waals surface area contributed by atoms with Crippen LogP contribution >= 0.6 is 0 Å². The molecule has 13 rings (SSSR count). The van der Waals surface area contributed by atoms with Gasteiger partial charge in [-0.05, 0) is 98.6 Å². The van der Waals surface area contributed by atoms with Gasteiger partial charge in [0.15, 0.2) is 8.07 Å². The Kier molecular flexibility index (Phi) is 8.23. The van der Waals surface area contributed by atoms with Crippen LogP contribution in [-0.2, 0) is 0 Å². The number of hydrogen-bond acceptors (Lipinski definition) is 1. The molecule has 0 unspecified atom stereocenters. The number of rotatable bonds is 7. The highest BCUT2D eigenvalue weighted by atomic mass is 28.3. The number of furan rings is 1. The summed E-state index contributed by atoms with van der Waals surface area (Å²) in [7, 11) is -2.92. The highest BCUT2D eigenvalue weighted by Gasteiger charge is 2.41. The fourth-order valence-corrected chi connectivity index (χ4v) is 15.5. The Morgan fingerprint density at radius 1 is 0.281 bits per heavy atom. The van der Waals surface area contributed by atoms with Crippen LogP contribution in [0.25, 0.3) is 88.1 Å². The van der Waals surface area contributed by atoms with Crippen LogP contribution in [-0.4, -0.2) is 17.2 Å². The van der Waals surface area contributed by atoms with Crippen LogP contribution in [0.15, 0.2) is 247 Å². The molecule has 3 aromatic heterocycles. The lowest BCUT2D eigenvalue weighted by Crippen LogP contribution is -2.74. The van der Waals surface area contributed by atoms with Gasteiger partial charge in [-0.15, -0.1) is 0 Å². The average Bonchev–Trinajstić information content (AvgIpc) is 4.03. The molecule has 0 radical (unpaired) electrons. The van der Waals surface area contributed by atoms with Gasteiger partial charge < -0.3 is 13.6 Å². The van der Waals surface area contributed by atoms with E-state index in [1.54, 1.807) is 0 Å². The van der Waals surface area contributed by atoms with Gasteiger partial charge in [-0.25, -0.2) is 0 Å². The second-order valence-electron chi connectivity index (χ2n) is 16.8. The van der Waals surface area contributed by atoms with Crippen LogP contribution in [0.3, 0.4) is 0 Å². The first-order chi connectivity index (χ1) is 31.8. The molecule has 0 spiro atoms. The van der Waals surface area contributed by atoms with E-state index in [9.17, 15) is 0 Å². The summed E-state index contributed by atoms with van der Waals surface area (Å²) in [5.41, 5.74) is 11.3. The van der Waals surface area contributed by atoms with E-state index < -0.39 is 8.07 Å². The quantitative estimate of drug-likeness (QED) is 0.116. The zero-order valence-electron chi connectivity index (χ0n) is 34.9. The van der Waals surface area contributed by atoms with Crippen molar-refractivity contribution in [3.05, 3.63) is 243 Å². The molecule has 0 fully saturated rings. The lowest BCUT2D eigenvalue weighted by Gasteiger charge is -2.35. The van der Waals surface area contributed by atoms with Crippen molar-refractivity contribution in [3.8, 4) is 22.5 Å². The van der Waals surface area contributed by atoms with Crippen molar-refractivity contribution < 1.29 is 4.42 Å². The Morgan fingerprint density at radius 2 is 0.797 bits per heavy atom. The number of para-hydroxylation sites is 4. The Labute approximate surface area is 371 Å². The fraction of sp³-hybridized carbons (Fsp3) is 0. The lowest BCUT2D eigenvalue weighted by molar-refractivity contribution is 0.669. The van der Waals surface area contributed by atoms with E-state index in [0.29, 0.717) is 0 Å². The fourth-order valence-electron chi connectivity index (χ4n) is 10.7. The van der Waals surface area contributed by atoms with E-state index in [1.165, 1.54) is 75.7 Å². The molecule has 0 bridgehead atoms. The summed E-state index contributed by atoms with van der Waals surface area (Å²) in [5.74, 6) is 0. The van der Waals surface area contributed by atoms with Crippen LogP contribution in [0.5, 0.6) is 0 Å². The molecule has 0 saturated heterocycles. The molecule has 0 aliphatic carbocycles. The summed E-state index contributed by atoms with van der Waals surface area (Å²) >= 11 is 0. The second kappa shape index (κ2) is 14.5. The lowest BCUT2D eigenvalue weighted by atomic mass is 10.0. The van der Waals surface area contributed by atoms with Crippen molar-refractivity contribution in [2.45, 2.75) is 0 Å². The maximum absolute atomic E-state index is 6.42. The Bertz CT molecular complexity index is 3840. The monoisotopic (exact) mass is 832 g/mol. The first kappa shape index (κ1) is 36.5. The van der Waals surface area contributed by atoms with E-state index in [4.69, 9.17) is 4.42 Å². The molecule has 0 atom stereocenters.